The Morgan fingerprint density at radius 2 is 2.36 bits per heavy atom. The highest BCUT2D eigenvalue weighted by atomic mass is 16.5. The van der Waals surface area contributed by atoms with Crippen molar-refractivity contribution in [3.8, 4) is 0 Å². The first-order valence-corrected chi connectivity index (χ1v) is 4.41. The molecule has 0 aromatic carbocycles. The van der Waals surface area contributed by atoms with Gasteiger partial charge in [0, 0.05) is 26.8 Å². The van der Waals surface area contributed by atoms with E-state index >= 15 is 0 Å². The molecule has 1 aromatic rings. The van der Waals surface area contributed by atoms with Crippen LogP contribution >= 0.6 is 0 Å². The van der Waals surface area contributed by atoms with Crippen LogP contribution in [0.3, 0.4) is 0 Å². The Morgan fingerprint density at radius 3 is 2.93 bits per heavy atom. The molecule has 0 saturated carbocycles. The summed E-state index contributed by atoms with van der Waals surface area (Å²) in [7, 11) is 3.52. The zero-order chi connectivity index (χ0) is 10.6. The van der Waals surface area contributed by atoms with Crippen molar-refractivity contribution in [2.24, 2.45) is 0 Å². The van der Waals surface area contributed by atoms with E-state index in [4.69, 9.17) is 4.74 Å². The first kappa shape index (κ1) is 10.7. The van der Waals surface area contributed by atoms with E-state index in [1.165, 1.54) is 6.07 Å². The van der Waals surface area contributed by atoms with Crippen LogP contribution in [-0.4, -0.2) is 37.3 Å². The maximum Gasteiger partial charge on any atom is 0.252 e. The molecule has 0 radical (unpaired) electrons. The Labute approximate surface area is 82.7 Å². The van der Waals surface area contributed by atoms with Crippen LogP contribution in [0.1, 0.15) is 5.82 Å². The van der Waals surface area contributed by atoms with Gasteiger partial charge < -0.3 is 14.6 Å². The fourth-order valence-corrected chi connectivity index (χ4v) is 1.10. The second kappa shape index (κ2) is 4.76. The first-order valence-electron chi connectivity index (χ1n) is 4.41. The van der Waals surface area contributed by atoms with E-state index in [1.807, 2.05) is 11.9 Å². The molecule has 0 saturated heterocycles. The zero-order valence-electron chi connectivity index (χ0n) is 8.70. The first-order chi connectivity index (χ1) is 6.63. The minimum absolute atomic E-state index is 0.128. The average Bonchev–Trinajstić information content (AvgIpc) is 2.12. The molecule has 0 aliphatic carbocycles. The van der Waals surface area contributed by atoms with Crippen LogP contribution in [0.2, 0.25) is 0 Å². The molecule has 0 bridgehead atoms. The lowest BCUT2D eigenvalue weighted by atomic mass is 10.4. The third kappa shape index (κ3) is 2.85. The average molecular weight is 197 g/mol. The summed E-state index contributed by atoms with van der Waals surface area (Å²) in [6.45, 7) is 3.09. The van der Waals surface area contributed by atoms with Gasteiger partial charge in [0.2, 0.25) is 0 Å². The van der Waals surface area contributed by atoms with Gasteiger partial charge in [-0.2, -0.15) is 0 Å². The summed E-state index contributed by atoms with van der Waals surface area (Å²) < 4.78 is 4.94. The molecule has 0 aliphatic heterocycles. The summed E-state index contributed by atoms with van der Waals surface area (Å²) in [6.07, 6.45) is 0. The maximum atomic E-state index is 11.1. The van der Waals surface area contributed by atoms with Crippen LogP contribution in [0, 0.1) is 6.92 Å². The van der Waals surface area contributed by atoms with Gasteiger partial charge in [0.05, 0.1) is 6.61 Å². The van der Waals surface area contributed by atoms with Gasteiger partial charge in [-0.1, -0.05) is 0 Å². The molecule has 78 valence electrons. The molecule has 5 heteroatoms. The SMILES string of the molecule is COCCN(C)c1cc(=O)[nH]c(C)n1. The van der Waals surface area contributed by atoms with Gasteiger partial charge in [-0.25, -0.2) is 4.98 Å². The molecule has 1 aromatic heterocycles. The molecule has 0 unspecified atom stereocenters. The molecular weight excluding hydrogens is 182 g/mol. The number of nitrogens with zero attached hydrogens (tertiary/aromatic N) is 2. The van der Waals surface area contributed by atoms with E-state index in [9.17, 15) is 4.79 Å². The summed E-state index contributed by atoms with van der Waals surface area (Å²) in [6, 6.07) is 1.47. The van der Waals surface area contributed by atoms with E-state index in [0.29, 0.717) is 24.8 Å². The van der Waals surface area contributed by atoms with Crippen molar-refractivity contribution < 1.29 is 4.74 Å². The highest BCUT2D eigenvalue weighted by molar-refractivity contribution is 5.35. The van der Waals surface area contributed by atoms with Crippen molar-refractivity contribution in [2.45, 2.75) is 6.92 Å². The van der Waals surface area contributed by atoms with Gasteiger partial charge in [0.25, 0.3) is 5.56 Å². The van der Waals surface area contributed by atoms with Crippen LogP contribution in [0.4, 0.5) is 5.82 Å². The molecule has 0 amide bonds. The fourth-order valence-electron chi connectivity index (χ4n) is 1.10. The highest BCUT2D eigenvalue weighted by Crippen LogP contribution is 2.03. The summed E-state index contributed by atoms with van der Waals surface area (Å²) in [5.74, 6) is 1.29. The second-order valence-corrected chi connectivity index (χ2v) is 3.10. The molecular formula is C9H15N3O2. The number of ether oxygens (including phenoxy) is 1. The molecule has 5 nitrogen and oxygen atoms in total. The summed E-state index contributed by atoms with van der Waals surface area (Å²) >= 11 is 0. The summed E-state index contributed by atoms with van der Waals surface area (Å²) in [4.78, 5) is 19.8. The largest absolute Gasteiger partial charge is 0.383 e. The predicted octanol–water partition coefficient (Wildman–Crippen LogP) is 0.161. The standard InChI is InChI=1S/C9H15N3O2/c1-7-10-8(6-9(13)11-7)12(2)4-5-14-3/h6H,4-5H2,1-3H3,(H,10,11,13). The number of methoxy groups -OCH3 is 1. The molecule has 1 rings (SSSR count). The number of aromatic nitrogens is 2. The monoisotopic (exact) mass is 197 g/mol. The lowest BCUT2D eigenvalue weighted by Crippen LogP contribution is -2.25. The normalized spacial score (nSPS) is 10.2. The molecule has 0 fully saturated rings. The highest BCUT2D eigenvalue weighted by Gasteiger charge is 2.03. The van der Waals surface area contributed by atoms with Gasteiger partial charge >= 0.3 is 0 Å². The third-order valence-corrected chi connectivity index (χ3v) is 1.87. The zero-order valence-corrected chi connectivity index (χ0v) is 8.70. The molecule has 0 aliphatic rings. The Morgan fingerprint density at radius 1 is 1.64 bits per heavy atom. The van der Waals surface area contributed by atoms with E-state index in [-0.39, 0.29) is 5.56 Å². The van der Waals surface area contributed by atoms with Crippen molar-refractivity contribution >= 4 is 5.82 Å². The molecule has 1 N–H and O–H groups in total. The Kier molecular flexibility index (Phi) is 3.64. The maximum absolute atomic E-state index is 11.1. The smallest absolute Gasteiger partial charge is 0.252 e. The van der Waals surface area contributed by atoms with Gasteiger partial charge in [-0.3, -0.25) is 4.79 Å². The molecule has 1 heterocycles. The summed E-state index contributed by atoms with van der Waals surface area (Å²) in [5, 5.41) is 0. The van der Waals surface area contributed by atoms with Gasteiger partial charge in [-0.05, 0) is 6.92 Å². The van der Waals surface area contributed by atoms with Crippen LogP contribution in [0.15, 0.2) is 10.9 Å². The minimum atomic E-state index is -0.128. The number of hydrogen-bond donors (Lipinski definition) is 1. The van der Waals surface area contributed by atoms with Crippen LogP contribution in [0.25, 0.3) is 0 Å². The van der Waals surface area contributed by atoms with Crippen LogP contribution in [0.5, 0.6) is 0 Å². The Hall–Kier alpha value is -1.36. The van der Waals surface area contributed by atoms with Crippen molar-refractivity contribution in [3.63, 3.8) is 0 Å². The lowest BCUT2D eigenvalue weighted by molar-refractivity contribution is 0.206. The van der Waals surface area contributed by atoms with Crippen molar-refractivity contribution in [3.05, 3.63) is 22.2 Å². The van der Waals surface area contributed by atoms with Gasteiger partial charge in [-0.15, -0.1) is 0 Å². The van der Waals surface area contributed by atoms with Crippen molar-refractivity contribution in [2.75, 3.05) is 32.2 Å². The van der Waals surface area contributed by atoms with Crippen LogP contribution < -0.4 is 10.5 Å². The number of rotatable bonds is 4. The van der Waals surface area contributed by atoms with E-state index in [1.54, 1.807) is 14.0 Å². The fraction of sp³-hybridized carbons (Fsp3) is 0.556. The Balaban J connectivity index is 2.79. The van der Waals surface area contributed by atoms with E-state index in [2.05, 4.69) is 9.97 Å². The topological polar surface area (TPSA) is 58.2 Å². The lowest BCUT2D eigenvalue weighted by Gasteiger charge is -2.17. The molecule has 0 spiro atoms. The number of nitrogens with one attached hydrogen (secondary N) is 1. The molecule has 14 heavy (non-hydrogen) atoms. The third-order valence-electron chi connectivity index (χ3n) is 1.87. The van der Waals surface area contributed by atoms with Crippen molar-refractivity contribution in [1.29, 1.82) is 0 Å². The number of anilines is 1. The number of H-pyrrole nitrogens is 1. The molecule has 0 atom stereocenters. The number of likely N-dealkylation sites (N-methyl/N-ethyl adjacent to an activating group) is 1. The quantitative estimate of drug-likeness (QED) is 0.747. The minimum Gasteiger partial charge on any atom is -0.383 e. The van der Waals surface area contributed by atoms with Crippen LogP contribution in [-0.2, 0) is 4.74 Å². The van der Waals surface area contributed by atoms with Gasteiger partial charge in [0.1, 0.15) is 11.6 Å². The van der Waals surface area contributed by atoms with E-state index < -0.39 is 0 Å². The van der Waals surface area contributed by atoms with E-state index in [0.717, 1.165) is 0 Å². The van der Waals surface area contributed by atoms with Gasteiger partial charge in [0.15, 0.2) is 0 Å². The number of aromatic amines is 1. The predicted molar refractivity (Wildman–Crippen MR) is 54.7 cm³/mol. The number of hydrogen-bond acceptors (Lipinski definition) is 4. The number of aryl methyl sites for hydroxylation is 1. The second-order valence-electron chi connectivity index (χ2n) is 3.10. The summed E-state index contributed by atoms with van der Waals surface area (Å²) in [5.41, 5.74) is -0.128. The van der Waals surface area contributed by atoms with Crippen molar-refractivity contribution in [1.82, 2.24) is 9.97 Å². The Bertz CT molecular complexity index is 348.